The molecule has 2 atom stereocenters. The Hall–Kier alpha value is -1.57. The molecule has 6 heteroatoms. The summed E-state index contributed by atoms with van der Waals surface area (Å²) < 4.78 is 1.96. The van der Waals surface area contributed by atoms with E-state index in [0.29, 0.717) is 5.92 Å². The van der Waals surface area contributed by atoms with E-state index in [1.54, 1.807) is 0 Å². The maximum Gasteiger partial charge on any atom is 0.191 e. The number of aryl methyl sites for hydroxylation is 2. The van der Waals surface area contributed by atoms with Gasteiger partial charge in [-0.1, -0.05) is 37.3 Å². The predicted octanol–water partition coefficient (Wildman–Crippen LogP) is 4.33. The number of guanidine groups is 1. The second kappa shape index (κ2) is 12.1. The zero-order valence-corrected chi connectivity index (χ0v) is 20.5. The summed E-state index contributed by atoms with van der Waals surface area (Å²) in [4.78, 5) is 4.87. The van der Waals surface area contributed by atoms with E-state index in [4.69, 9.17) is 4.99 Å². The Balaban J connectivity index is 0.00000392. The first-order valence-corrected chi connectivity index (χ1v) is 10.0. The Kier molecular flexibility index (Phi) is 10.6. The summed E-state index contributed by atoms with van der Waals surface area (Å²) in [6, 6.07) is 10.9. The van der Waals surface area contributed by atoms with E-state index < -0.39 is 0 Å². The SMILES string of the molecule is CCNC(=NCC(CC)c1ccccc1)NC(C)Cc1c(C)nn(C)c1C.I. The molecule has 0 saturated carbocycles. The van der Waals surface area contributed by atoms with Crippen LogP contribution in [0.1, 0.15) is 55.6 Å². The molecule has 0 aliphatic heterocycles. The molecule has 0 aliphatic carbocycles. The molecular formula is C22H36IN5. The van der Waals surface area contributed by atoms with Gasteiger partial charge in [0, 0.05) is 37.8 Å². The summed E-state index contributed by atoms with van der Waals surface area (Å²) >= 11 is 0. The normalized spacial score (nSPS) is 13.6. The molecule has 0 aliphatic rings. The van der Waals surface area contributed by atoms with Crippen LogP contribution in [0.25, 0.3) is 0 Å². The summed E-state index contributed by atoms with van der Waals surface area (Å²) in [6.07, 6.45) is 2.02. The summed E-state index contributed by atoms with van der Waals surface area (Å²) in [6.45, 7) is 12.4. The van der Waals surface area contributed by atoms with Crippen LogP contribution in [0.15, 0.2) is 35.3 Å². The van der Waals surface area contributed by atoms with Gasteiger partial charge in [0.25, 0.3) is 0 Å². The van der Waals surface area contributed by atoms with Gasteiger partial charge in [-0.3, -0.25) is 9.67 Å². The van der Waals surface area contributed by atoms with Gasteiger partial charge in [-0.25, -0.2) is 0 Å². The lowest BCUT2D eigenvalue weighted by atomic mass is 9.97. The van der Waals surface area contributed by atoms with Crippen LogP contribution < -0.4 is 10.6 Å². The summed E-state index contributed by atoms with van der Waals surface area (Å²) in [5, 5.41) is 11.5. The number of halogens is 1. The van der Waals surface area contributed by atoms with E-state index in [2.05, 4.69) is 80.7 Å². The summed E-state index contributed by atoms with van der Waals surface area (Å²) in [7, 11) is 2.00. The van der Waals surface area contributed by atoms with Crippen molar-refractivity contribution in [2.45, 2.75) is 59.4 Å². The van der Waals surface area contributed by atoms with E-state index in [9.17, 15) is 0 Å². The second-order valence-corrected chi connectivity index (χ2v) is 7.26. The van der Waals surface area contributed by atoms with Crippen LogP contribution in [0.3, 0.4) is 0 Å². The van der Waals surface area contributed by atoms with Crippen molar-refractivity contribution in [3.63, 3.8) is 0 Å². The first-order chi connectivity index (χ1) is 13.0. The first kappa shape index (κ1) is 24.5. The van der Waals surface area contributed by atoms with Crippen LogP contribution in [0.4, 0.5) is 0 Å². The molecule has 0 fully saturated rings. The molecule has 2 N–H and O–H groups in total. The highest BCUT2D eigenvalue weighted by Crippen LogP contribution is 2.19. The number of hydrogen-bond acceptors (Lipinski definition) is 2. The topological polar surface area (TPSA) is 54.2 Å². The van der Waals surface area contributed by atoms with E-state index in [-0.39, 0.29) is 30.0 Å². The molecule has 2 unspecified atom stereocenters. The fourth-order valence-electron chi connectivity index (χ4n) is 3.42. The number of aromatic nitrogens is 2. The molecule has 1 aromatic heterocycles. The lowest BCUT2D eigenvalue weighted by molar-refractivity contribution is 0.625. The van der Waals surface area contributed by atoms with Crippen molar-refractivity contribution in [2.24, 2.45) is 12.0 Å². The van der Waals surface area contributed by atoms with Gasteiger partial charge in [0.05, 0.1) is 5.69 Å². The third-order valence-electron chi connectivity index (χ3n) is 5.13. The van der Waals surface area contributed by atoms with Crippen LogP contribution in [0.5, 0.6) is 0 Å². The average Bonchev–Trinajstić information content (AvgIpc) is 2.89. The molecule has 1 heterocycles. The molecule has 156 valence electrons. The average molecular weight is 497 g/mol. The molecule has 0 spiro atoms. The van der Waals surface area contributed by atoms with Gasteiger partial charge < -0.3 is 10.6 Å². The maximum absolute atomic E-state index is 4.87. The maximum atomic E-state index is 4.87. The van der Waals surface area contributed by atoms with Crippen LogP contribution in [-0.2, 0) is 13.5 Å². The fourth-order valence-corrected chi connectivity index (χ4v) is 3.42. The van der Waals surface area contributed by atoms with Gasteiger partial charge in [0.1, 0.15) is 0 Å². The van der Waals surface area contributed by atoms with Crippen LogP contribution in [0.2, 0.25) is 0 Å². The highest BCUT2D eigenvalue weighted by atomic mass is 127. The molecule has 0 bridgehead atoms. The van der Waals surface area contributed by atoms with Crippen LogP contribution in [0, 0.1) is 13.8 Å². The molecule has 0 radical (unpaired) electrons. The van der Waals surface area contributed by atoms with Gasteiger partial charge in [-0.2, -0.15) is 5.10 Å². The smallest absolute Gasteiger partial charge is 0.191 e. The first-order valence-electron chi connectivity index (χ1n) is 10.0. The van der Waals surface area contributed by atoms with Crippen molar-refractivity contribution in [1.82, 2.24) is 20.4 Å². The number of nitrogens with zero attached hydrogens (tertiary/aromatic N) is 3. The zero-order valence-electron chi connectivity index (χ0n) is 18.1. The summed E-state index contributed by atoms with van der Waals surface area (Å²) in [5.41, 5.74) is 5.03. The molecule has 1 aromatic carbocycles. The van der Waals surface area contributed by atoms with E-state index in [0.717, 1.165) is 37.6 Å². The number of aliphatic imine (C=N–C) groups is 1. The van der Waals surface area contributed by atoms with Gasteiger partial charge in [-0.15, -0.1) is 24.0 Å². The standard InChI is InChI=1S/C22H35N5.HI/c1-7-19(20-12-10-9-11-13-20)15-24-22(23-8-2)25-16(3)14-21-17(4)26-27(6)18(21)5;/h9-13,16,19H,7-8,14-15H2,1-6H3,(H2,23,24,25);1H. The van der Waals surface area contributed by atoms with Gasteiger partial charge in [-0.05, 0) is 51.7 Å². The number of hydrogen-bond donors (Lipinski definition) is 2. The Morgan fingerprint density at radius 1 is 1.18 bits per heavy atom. The third-order valence-corrected chi connectivity index (χ3v) is 5.13. The third kappa shape index (κ3) is 6.79. The van der Waals surface area contributed by atoms with Gasteiger partial charge in [0.2, 0.25) is 0 Å². The molecular weight excluding hydrogens is 461 g/mol. The van der Waals surface area contributed by atoms with Crippen LogP contribution in [-0.4, -0.2) is 34.9 Å². The largest absolute Gasteiger partial charge is 0.357 e. The highest BCUT2D eigenvalue weighted by Gasteiger charge is 2.14. The monoisotopic (exact) mass is 497 g/mol. The predicted molar refractivity (Wildman–Crippen MR) is 130 cm³/mol. The summed E-state index contributed by atoms with van der Waals surface area (Å²) in [5.74, 6) is 1.33. The minimum Gasteiger partial charge on any atom is -0.357 e. The highest BCUT2D eigenvalue weighted by molar-refractivity contribution is 14.0. The fraction of sp³-hybridized carbons (Fsp3) is 0.545. The van der Waals surface area contributed by atoms with Crippen molar-refractivity contribution in [3.05, 3.63) is 52.8 Å². The number of benzene rings is 1. The number of nitrogens with one attached hydrogen (secondary N) is 2. The van der Waals surface area contributed by atoms with Gasteiger partial charge in [0.15, 0.2) is 5.96 Å². The van der Waals surface area contributed by atoms with Crippen molar-refractivity contribution in [2.75, 3.05) is 13.1 Å². The van der Waals surface area contributed by atoms with E-state index in [1.165, 1.54) is 16.8 Å². The lowest BCUT2D eigenvalue weighted by Gasteiger charge is -2.19. The van der Waals surface area contributed by atoms with Crippen molar-refractivity contribution < 1.29 is 0 Å². The van der Waals surface area contributed by atoms with E-state index >= 15 is 0 Å². The molecule has 2 rings (SSSR count). The Labute approximate surface area is 187 Å². The Morgan fingerprint density at radius 2 is 1.86 bits per heavy atom. The Bertz CT molecular complexity index is 739. The minimum atomic E-state index is 0. The molecule has 28 heavy (non-hydrogen) atoms. The van der Waals surface area contributed by atoms with Gasteiger partial charge >= 0.3 is 0 Å². The lowest BCUT2D eigenvalue weighted by Crippen LogP contribution is -2.43. The quantitative estimate of drug-likeness (QED) is 0.324. The second-order valence-electron chi connectivity index (χ2n) is 7.26. The van der Waals surface area contributed by atoms with E-state index in [1.807, 2.05) is 11.7 Å². The number of rotatable bonds is 8. The van der Waals surface area contributed by atoms with Crippen molar-refractivity contribution >= 4 is 29.9 Å². The molecule has 0 saturated heterocycles. The van der Waals surface area contributed by atoms with Crippen molar-refractivity contribution in [3.8, 4) is 0 Å². The minimum absolute atomic E-state index is 0. The zero-order chi connectivity index (χ0) is 19.8. The Morgan fingerprint density at radius 3 is 2.39 bits per heavy atom. The molecule has 2 aromatic rings. The van der Waals surface area contributed by atoms with Crippen LogP contribution >= 0.6 is 24.0 Å². The van der Waals surface area contributed by atoms with Crippen molar-refractivity contribution in [1.29, 1.82) is 0 Å². The molecule has 5 nitrogen and oxygen atoms in total. The molecule has 0 amide bonds.